The lowest BCUT2D eigenvalue weighted by Gasteiger charge is -2.31. The molecule has 4 nitrogen and oxygen atoms in total. The molecule has 1 unspecified atom stereocenters. The Hall–Kier alpha value is -3.27. The Labute approximate surface area is 163 Å². The first-order valence-electron chi connectivity index (χ1n) is 9.68. The van der Waals surface area contributed by atoms with E-state index >= 15 is 0 Å². The van der Waals surface area contributed by atoms with E-state index in [9.17, 15) is 4.79 Å². The number of fused-ring (bicyclic) bond motifs is 4. The van der Waals surface area contributed by atoms with Gasteiger partial charge in [-0.2, -0.15) is 0 Å². The van der Waals surface area contributed by atoms with Crippen LogP contribution in [-0.2, 0) is 11.2 Å². The maximum Gasteiger partial charge on any atom is 0.267 e. The van der Waals surface area contributed by atoms with Gasteiger partial charge in [0.25, 0.3) is 5.91 Å². The number of ether oxygens (including phenoxy) is 1. The van der Waals surface area contributed by atoms with Gasteiger partial charge in [0.05, 0.1) is 0 Å². The number of nitrogens with zero attached hydrogens (tertiary/aromatic N) is 1. The van der Waals surface area contributed by atoms with E-state index in [0.717, 1.165) is 47.0 Å². The van der Waals surface area contributed by atoms with Gasteiger partial charge >= 0.3 is 0 Å². The molecule has 0 fully saturated rings. The van der Waals surface area contributed by atoms with Gasteiger partial charge in [0.15, 0.2) is 6.10 Å². The Balaban J connectivity index is 1.42. The Kier molecular flexibility index (Phi) is 4.05. The minimum atomic E-state index is -0.568. The Morgan fingerprint density at radius 2 is 1.79 bits per heavy atom. The van der Waals surface area contributed by atoms with Gasteiger partial charge < -0.3 is 14.1 Å². The van der Waals surface area contributed by atoms with Gasteiger partial charge in [-0.3, -0.25) is 4.79 Å². The summed E-state index contributed by atoms with van der Waals surface area (Å²) < 4.78 is 11.9. The number of furan rings is 1. The summed E-state index contributed by atoms with van der Waals surface area (Å²) in [7, 11) is 0. The minimum Gasteiger partial charge on any atom is -0.481 e. The maximum atomic E-state index is 13.1. The van der Waals surface area contributed by atoms with E-state index in [-0.39, 0.29) is 5.91 Å². The molecule has 1 aliphatic heterocycles. The van der Waals surface area contributed by atoms with Gasteiger partial charge in [-0.25, -0.2) is 0 Å². The predicted molar refractivity (Wildman–Crippen MR) is 111 cm³/mol. The number of aryl methyl sites for hydroxylation is 1. The van der Waals surface area contributed by atoms with Crippen molar-refractivity contribution in [3.8, 4) is 5.75 Å². The lowest BCUT2D eigenvalue weighted by Crippen LogP contribution is -2.43. The summed E-state index contributed by atoms with van der Waals surface area (Å²) >= 11 is 0. The summed E-state index contributed by atoms with van der Waals surface area (Å²) in [6.07, 6.45) is 1.42. The van der Waals surface area contributed by atoms with E-state index in [1.165, 1.54) is 5.56 Å². The van der Waals surface area contributed by atoms with Crippen LogP contribution in [-0.4, -0.2) is 18.6 Å². The highest BCUT2D eigenvalue weighted by atomic mass is 16.5. The molecule has 5 rings (SSSR count). The molecule has 1 aromatic heterocycles. The lowest BCUT2D eigenvalue weighted by atomic mass is 10.0. The van der Waals surface area contributed by atoms with Gasteiger partial charge in [0.2, 0.25) is 0 Å². The average Bonchev–Trinajstić information content (AvgIpc) is 3.11. The summed E-state index contributed by atoms with van der Waals surface area (Å²) in [5.74, 6) is 0.662. The molecule has 4 aromatic rings. The molecule has 2 heterocycles. The molecule has 0 spiro atoms. The average molecular weight is 371 g/mol. The van der Waals surface area contributed by atoms with Gasteiger partial charge in [-0.05, 0) is 55.7 Å². The van der Waals surface area contributed by atoms with Gasteiger partial charge in [-0.15, -0.1) is 0 Å². The number of hydrogen-bond acceptors (Lipinski definition) is 3. The standard InChI is InChI=1S/C24H21NO3/c1-16(24(26)25-14-6-8-17-7-2-4-10-21(17)25)27-18-12-13-23-20(15-18)19-9-3-5-11-22(19)28-23/h2-5,7,9-13,15-16H,6,8,14H2,1H3. The van der Waals surface area contributed by atoms with E-state index in [0.29, 0.717) is 5.75 Å². The molecule has 0 radical (unpaired) electrons. The molecule has 1 atom stereocenters. The van der Waals surface area contributed by atoms with Gasteiger partial charge in [0.1, 0.15) is 16.9 Å². The van der Waals surface area contributed by atoms with Crippen LogP contribution in [0.3, 0.4) is 0 Å². The fourth-order valence-corrected chi connectivity index (χ4v) is 4.02. The van der Waals surface area contributed by atoms with Crippen LogP contribution in [0.5, 0.6) is 5.75 Å². The van der Waals surface area contributed by atoms with Crippen molar-refractivity contribution in [2.75, 3.05) is 11.4 Å². The number of anilines is 1. The third kappa shape index (κ3) is 2.82. The molecule has 0 N–H and O–H groups in total. The molecular weight excluding hydrogens is 350 g/mol. The zero-order valence-corrected chi connectivity index (χ0v) is 15.7. The highest BCUT2D eigenvalue weighted by Crippen LogP contribution is 2.32. The Bertz CT molecular complexity index is 1180. The number of para-hydroxylation sites is 2. The second kappa shape index (κ2) is 6.71. The third-order valence-electron chi connectivity index (χ3n) is 5.39. The third-order valence-corrected chi connectivity index (χ3v) is 5.39. The van der Waals surface area contributed by atoms with Crippen molar-refractivity contribution < 1.29 is 13.9 Å². The molecule has 28 heavy (non-hydrogen) atoms. The quantitative estimate of drug-likeness (QED) is 0.489. The molecule has 3 aromatic carbocycles. The maximum absolute atomic E-state index is 13.1. The van der Waals surface area contributed by atoms with E-state index in [2.05, 4.69) is 6.07 Å². The SMILES string of the molecule is CC(Oc1ccc2oc3ccccc3c2c1)C(=O)N1CCCc2ccccc21. The number of amides is 1. The number of hydrogen-bond donors (Lipinski definition) is 0. The summed E-state index contributed by atoms with van der Waals surface area (Å²) in [5.41, 5.74) is 3.90. The Morgan fingerprint density at radius 3 is 2.71 bits per heavy atom. The molecule has 4 heteroatoms. The highest BCUT2D eigenvalue weighted by molar-refractivity contribution is 6.05. The summed E-state index contributed by atoms with van der Waals surface area (Å²) in [4.78, 5) is 14.9. The second-order valence-corrected chi connectivity index (χ2v) is 7.24. The number of rotatable bonds is 3. The van der Waals surface area contributed by atoms with Gasteiger partial charge in [-0.1, -0.05) is 36.4 Å². The number of carbonyl (C=O) groups excluding carboxylic acids is 1. The zero-order chi connectivity index (χ0) is 19.1. The van der Waals surface area contributed by atoms with Crippen LogP contribution in [0.2, 0.25) is 0 Å². The van der Waals surface area contributed by atoms with Crippen LogP contribution >= 0.6 is 0 Å². The summed E-state index contributed by atoms with van der Waals surface area (Å²) in [6.45, 7) is 2.55. The largest absolute Gasteiger partial charge is 0.481 e. The molecule has 0 saturated heterocycles. The van der Waals surface area contributed by atoms with E-state index in [1.807, 2.05) is 72.5 Å². The molecular formula is C24H21NO3. The van der Waals surface area contributed by atoms with Crippen LogP contribution < -0.4 is 9.64 Å². The highest BCUT2D eigenvalue weighted by Gasteiger charge is 2.27. The first-order chi connectivity index (χ1) is 13.7. The van der Waals surface area contributed by atoms with Crippen LogP contribution in [0.15, 0.2) is 71.1 Å². The summed E-state index contributed by atoms with van der Waals surface area (Å²) in [6, 6.07) is 21.8. The van der Waals surface area contributed by atoms with Crippen molar-refractivity contribution in [2.45, 2.75) is 25.9 Å². The van der Waals surface area contributed by atoms with Crippen LogP contribution in [0.1, 0.15) is 18.9 Å². The topological polar surface area (TPSA) is 42.7 Å². The van der Waals surface area contributed by atoms with Gasteiger partial charge in [0, 0.05) is 23.0 Å². The van der Waals surface area contributed by atoms with Crippen LogP contribution in [0, 0.1) is 0 Å². The van der Waals surface area contributed by atoms with Crippen molar-refractivity contribution in [1.29, 1.82) is 0 Å². The fraction of sp³-hybridized carbons (Fsp3) is 0.208. The molecule has 0 saturated carbocycles. The molecule has 1 aliphatic rings. The molecule has 0 aliphatic carbocycles. The molecule has 1 amide bonds. The van der Waals surface area contributed by atoms with Crippen molar-refractivity contribution in [3.63, 3.8) is 0 Å². The van der Waals surface area contributed by atoms with E-state index < -0.39 is 6.10 Å². The summed E-state index contributed by atoms with van der Waals surface area (Å²) in [5, 5.41) is 2.04. The van der Waals surface area contributed by atoms with E-state index in [4.69, 9.17) is 9.15 Å². The van der Waals surface area contributed by atoms with Crippen LogP contribution in [0.25, 0.3) is 21.9 Å². The predicted octanol–water partition coefficient (Wildman–Crippen LogP) is 5.33. The lowest BCUT2D eigenvalue weighted by molar-refractivity contribution is -0.124. The monoisotopic (exact) mass is 371 g/mol. The first kappa shape index (κ1) is 16.9. The molecule has 140 valence electrons. The normalized spacial score (nSPS) is 14.8. The van der Waals surface area contributed by atoms with Crippen molar-refractivity contribution in [3.05, 3.63) is 72.3 Å². The van der Waals surface area contributed by atoms with Crippen molar-refractivity contribution in [2.24, 2.45) is 0 Å². The molecule has 0 bridgehead atoms. The van der Waals surface area contributed by atoms with Crippen molar-refractivity contribution in [1.82, 2.24) is 0 Å². The Morgan fingerprint density at radius 1 is 1.00 bits per heavy atom. The van der Waals surface area contributed by atoms with Crippen molar-refractivity contribution >= 4 is 33.5 Å². The van der Waals surface area contributed by atoms with E-state index in [1.54, 1.807) is 0 Å². The zero-order valence-electron chi connectivity index (χ0n) is 15.7. The van der Waals surface area contributed by atoms with Crippen LogP contribution in [0.4, 0.5) is 5.69 Å². The smallest absolute Gasteiger partial charge is 0.267 e. The number of carbonyl (C=O) groups is 1. The fourth-order valence-electron chi connectivity index (χ4n) is 4.02. The first-order valence-corrected chi connectivity index (χ1v) is 9.68. The second-order valence-electron chi connectivity index (χ2n) is 7.24. The minimum absolute atomic E-state index is 0.00991. The number of benzene rings is 3.